The van der Waals surface area contributed by atoms with E-state index in [1.165, 1.54) is 24.1 Å². The van der Waals surface area contributed by atoms with Crippen molar-refractivity contribution in [2.75, 3.05) is 18.0 Å². The normalized spacial score (nSPS) is 30.1. The highest BCUT2D eigenvalue weighted by Gasteiger charge is 2.44. The van der Waals surface area contributed by atoms with Crippen molar-refractivity contribution < 1.29 is 4.79 Å². The summed E-state index contributed by atoms with van der Waals surface area (Å²) in [6.45, 7) is 4.21. The van der Waals surface area contributed by atoms with E-state index in [0.29, 0.717) is 17.9 Å². The molecule has 1 saturated carbocycles. The first-order chi connectivity index (χ1) is 9.25. The van der Waals surface area contributed by atoms with E-state index in [1.54, 1.807) is 0 Å². The molecule has 2 aliphatic heterocycles. The van der Waals surface area contributed by atoms with Crippen LogP contribution in [0.1, 0.15) is 37.7 Å². The van der Waals surface area contributed by atoms with Crippen molar-refractivity contribution in [2.45, 2.75) is 44.2 Å². The van der Waals surface area contributed by atoms with Crippen molar-refractivity contribution in [2.24, 2.45) is 0 Å². The standard InChI is InChI=1S/C16H20N2O/c1-11-10-18(14-5-3-2-4-13(11)14)15-8-9-17(16(15)19)12-6-7-12/h2-5,11-12,15H,6-10H2,1H3. The first-order valence-corrected chi connectivity index (χ1v) is 7.42. The maximum absolute atomic E-state index is 12.6. The highest BCUT2D eigenvalue weighted by atomic mass is 16.2. The number of hydrogen-bond acceptors (Lipinski definition) is 2. The molecule has 3 aliphatic rings. The van der Waals surface area contributed by atoms with Crippen LogP contribution in [-0.2, 0) is 4.79 Å². The molecule has 4 rings (SSSR count). The molecule has 3 nitrogen and oxygen atoms in total. The molecule has 2 unspecified atom stereocenters. The van der Waals surface area contributed by atoms with E-state index in [1.807, 2.05) is 0 Å². The van der Waals surface area contributed by atoms with Crippen molar-refractivity contribution in [3.8, 4) is 0 Å². The Bertz CT molecular complexity index is 523. The lowest BCUT2D eigenvalue weighted by molar-refractivity contribution is -0.129. The minimum absolute atomic E-state index is 0.0895. The molecule has 100 valence electrons. The number of hydrogen-bond donors (Lipinski definition) is 0. The van der Waals surface area contributed by atoms with E-state index >= 15 is 0 Å². The van der Waals surface area contributed by atoms with E-state index in [9.17, 15) is 4.79 Å². The van der Waals surface area contributed by atoms with Gasteiger partial charge in [0.15, 0.2) is 0 Å². The number of carbonyl (C=O) groups is 1. The summed E-state index contributed by atoms with van der Waals surface area (Å²) in [6.07, 6.45) is 3.42. The zero-order valence-corrected chi connectivity index (χ0v) is 11.4. The Labute approximate surface area is 114 Å². The van der Waals surface area contributed by atoms with Gasteiger partial charge in [0.25, 0.3) is 0 Å². The van der Waals surface area contributed by atoms with Crippen LogP contribution in [0.25, 0.3) is 0 Å². The van der Waals surface area contributed by atoms with Gasteiger partial charge in [-0.05, 0) is 30.9 Å². The van der Waals surface area contributed by atoms with Crippen molar-refractivity contribution in [1.29, 1.82) is 0 Å². The monoisotopic (exact) mass is 256 g/mol. The Morgan fingerprint density at radius 3 is 2.68 bits per heavy atom. The molecule has 1 saturated heterocycles. The third-order valence-corrected chi connectivity index (χ3v) is 4.82. The molecule has 1 aromatic carbocycles. The quantitative estimate of drug-likeness (QED) is 0.811. The predicted octanol–water partition coefficient (Wildman–Crippen LogP) is 2.37. The van der Waals surface area contributed by atoms with Crippen LogP contribution in [0.5, 0.6) is 0 Å². The molecule has 19 heavy (non-hydrogen) atoms. The molecular formula is C16H20N2O. The zero-order valence-electron chi connectivity index (χ0n) is 11.4. The molecular weight excluding hydrogens is 236 g/mol. The lowest BCUT2D eigenvalue weighted by Crippen LogP contribution is -2.42. The molecule has 2 fully saturated rings. The van der Waals surface area contributed by atoms with Crippen LogP contribution < -0.4 is 4.90 Å². The second kappa shape index (κ2) is 3.99. The number of carbonyl (C=O) groups excluding carboxylic acids is 1. The summed E-state index contributed by atoms with van der Waals surface area (Å²) in [5.41, 5.74) is 2.69. The van der Waals surface area contributed by atoms with Crippen LogP contribution in [0.3, 0.4) is 0 Å². The largest absolute Gasteiger partial charge is 0.359 e. The molecule has 2 heterocycles. The molecule has 0 bridgehead atoms. The summed E-state index contributed by atoms with van der Waals surface area (Å²) in [5.74, 6) is 0.908. The summed E-state index contributed by atoms with van der Waals surface area (Å²) in [4.78, 5) is 17.0. The van der Waals surface area contributed by atoms with Gasteiger partial charge in [-0.3, -0.25) is 4.79 Å². The van der Waals surface area contributed by atoms with Crippen molar-refractivity contribution in [3.63, 3.8) is 0 Å². The molecule has 3 heteroatoms. The summed E-state index contributed by atoms with van der Waals surface area (Å²) in [6, 6.07) is 9.22. The van der Waals surface area contributed by atoms with Gasteiger partial charge in [-0.2, -0.15) is 0 Å². The average Bonchev–Trinajstić information content (AvgIpc) is 3.12. The van der Waals surface area contributed by atoms with Crippen molar-refractivity contribution >= 4 is 11.6 Å². The summed E-state index contributed by atoms with van der Waals surface area (Å²) < 4.78 is 0. The van der Waals surface area contributed by atoms with E-state index in [0.717, 1.165) is 19.5 Å². The van der Waals surface area contributed by atoms with Crippen LogP contribution >= 0.6 is 0 Å². The van der Waals surface area contributed by atoms with Crippen LogP contribution in [0.15, 0.2) is 24.3 Å². The van der Waals surface area contributed by atoms with Gasteiger partial charge in [-0.25, -0.2) is 0 Å². The molecule has 1 amide bonds. The van der Waals surface area contributed by atoms with Gasteiger partial charge >= 0.3 is 0 Å². The van der Waals surface area contributed by atoms with Crippen LogP contribution in [0, 0.1) is 0 Å². The van der Waals surface area contributed by atoms with Gasteiger partial charge in [0, 0.05) is 30.7 Å². The maximum atomic E-state index is 12.6. The highest BCUT2D eigenvalue weighted by Crippen LogP contribution is 2.40. The van der Waals surface area contributed by atoms with Crippen LogP contribution in [-0.4, -0.2) is 36.0 Å². The predicted molar refractivity (Wildman–Crippen MR) is 75.3 cm³/mol. The van der Waals surface area contributed by atoms with Crippen molar-refractivity contribution in [3.05, 3.63) is 29.8 Å². The van der Waals surface area contributed by atoms with E-state index in [-0.39, 0.29) is 6.04 Å². The summed E-state index contributed by atoms with van der Waals surface area (Å²) in [7, 11) is 0. The van der Waals surface area contributed by atoms with E-state index in [2.05, 4.69) is 41.0 Å². The number of rotatable bonds is 2. The molecule has 0 spiro atoms. The molecule has 2 atom stereocenters. The number of likely N-dealkylation sites (tertiary alicyclic amines) is 1. The number of benzene rings is 1. The van der Waals surface area contributed by atoms with Gasteiger partial charge < -0.3 is 9.80 Å². The number of anilines is 1. The smallest absolute Gasteiger partial charge is 0.245 e. The fraction of sp³-hybridized carbons (Fsp3) is 0.562. The van der Waals surface area contributed by atoms with Gasteiger partial charge in [0.2, 0.25) is 5.91 Å². The average molecular weight is 256 g/mol. The summed E-state index contributed by atoms with van der Waals surface area (Å²) >= 11 is 0. The highest BCUT2D eigenvalue weighted by molar-refractivity contribution is 5.88. The molecule has 1 aromatic rings. The van der Waals surface area contributed by atoms with Gasteiger partial charge in [0.05, 0.1) is 0 Å². The summed E-state index contributed by atoms with van der Waals surface area (Å²) in [5, 5.41) is 0. The zero-order chi connectivity index (χ0) is 13.0. The Hall–Kier alpha value is -1.51. The van der Waals surface area contributed by atoms with Gasteiger partial charge in [-0.15, -0.1) is 0 Å². The third kappa shape index (κ3) is 1.67. The molecule has 0 N–H and O–H groups in total. The first-order valence-electron chi connectivity index (χ1n) is 7.42. The third-order valence-electron chi connectivity index (χ3n) is 4.82. The number of amides is 1. The fourth-order valence-corrected chi connectivity index (χ4v) is 3.68. The Kier molecular flexibility index (Phi) is 2.38. The lowest BCUT2D eigenvalue weighted by atomic mass is 10.0. The fourth-order valence-electron chi connectivity index (χ4n) is 3.68. The Morgan fingerprint density at radius 2 is 1.89 bits per heavy atom. The topological polar surface area (TPSA) is 23.6 Å². The SMILES string of the molecule is CC1CN(C2CCN(C3CC3)C2=O)c2ccccc21. The van der Waals surface area contributed by atoms with Crippen LogP contribution in [0.2, 0.25) is 0 Å². The van der Waals surface area contributed by atoms with Crippen LogP contribution in [0.4, 0.5) is 5.69 Å². The molecule has 1 aliphatic carbocycles. The minimum Gasteiger partial charge on any atom is -0.359 e. The van der Waals surface area contributed by atoms with Crippen molar-refractivity contribution in [1.82, 2.24) is 4.90 Å². The van der Waals surface area contributed by atoms with Gasteiger partial charge in [0.1, 0.15) is 6.04 Å². The van der Waals surface area contributed by atoms with E-state index in [4.69, 9.17) is 0 Å². The number of para-hydroxylation sites is 1. The molecule has 0 aromatic heterocycles. The van der Waals surface area contributed by atoms with Gasteiger partial charge in [-0.1, -0.05) is 25.1 Å². The minimum atomic E-state index is 0.0895. The Morgan fingerprint density at radius 1 is 1.11 bits per heavy atom. The maximum Gasteiger partial charge on any atom is 0.245 e. The second-order valence-electron chi connectivity index (χ2n) is 6.18. The first kappa shape index (κ1) is 11.3. The Balaban J connectivity index is 1.62. The molecule has 0 radical (unpaired) electrons. The van der Waals surface area contributed by atoms with E-state index < -0.39 is 0 Å². The second-order valence-corrected chi connectivity index (χ2v) is 6.18. The lowest BCUT2D eigenvalue weighted by Gasteiger charge is -2.26. The number of fused-ring (bicyclic) bond motifs is 1. The number of nitrogens with zero attached hydrogens (tertiary/aromatic N) is 2.